The van der Waals surface area contributed by atoms with Crippen LogP contribution < -0.4 is 0 Å². The molecule has 2 aromatic rings. The van der Waals surface area contributed by atoms with E-state index < -0.39 is 52.5 Å². The maximum atomic E-state index is 13.6. The second-order valence-corrected chi connectivity index (χ2v) is 11.0. The summed E-state index contributed by atoms with van der Waals surface area (Å²) in [5, 5.41) is 13.1. The van der Waals surface area contributed by atoms with Gasteiger partial charge in [-0.1, -0.05) is 74.3 Å². The number of nitrogens with zero attached hydrogens (tertiary/aromatic N) is 3. The van der Waals surface area contributed by atoms with Crippen molar-refractivity contribution in [3.8, 4) is 0 Å². The number of carbonyl (C=O) groups excluding carboxylic acids is 4. The summed E-state index contributed by atoms with van der Waals surface area (Å²) in [5.74, 6) is -3.98. The van der Waals surface area contributed by atoms with Crippen molar-refractivity contribution in [2.75, 3.05) is 6.54 Å². The van der Waals surface area contributed by atoms with Crippen LogP contribution >= 0.6 is 31.9 Å². The number of hydrazine groups is 1. The summed E-state index contributed by atoms with van der Waals surface area (Å²) in [4.78, 5) is 64.8. The molecule has 0 N–H and O–H groups in total. The zero-order valence-corrected chi connectivity index (χ0v) is 21.3. The van der Waals surface area contributed by atoms with E-state index in [1.807, 2.05) is 0 Å². The van der Waals surface area contributed by atoms with Crippen molar-refractivity contribution in [2.24, 2.45) is 23.7 Å². The van der Waals surface area contributed by atoms with E-state index in [0.717, 1.165) is 16.1 Å². The number of hydrogen-bond acceptors (Lipinski definition) is 6. The third-order valence-corrected chi connectivity index (χ3v) is 10.4. The molecule has 0 spiro atoms. The smallest absolute Gasteiger partial charge is 0.282 e. The van der Waals surface area contributed by atoms with Crippen molar-refractivity contribution in [1.82, 2.24) is 10.0 Å². The van der Waals surface area contributed by atoms with Crippen molar-refractivity contribution in [1.29, 1.82) is 0 Å². The molecule has 5 rings (SSSR count). The third-order valence-electron chi connectivity index (χ3n) is 7.16. The molecule has 3 aliphatic rings. The first kappa shape index (κ1) is 23.8. The second-order valence-electron chi connectivity index (χ2n) is 8.92. The Hall–Kier alpha value is -2.92. The molecule has 6 atom stereocenters. The molecule has 0 radical (unpaired) electrons. The van der Waals surface area contributed by atoms with Crippen LogP contribution in [0.1, 0.15) is 27.1 Å². The fraction of sp³-hybridized carbons (Fsp3) is 0.333. The molecular weight excluding hydrogens is 586 g/mol. The first-order valence-corrected chi connectivity index (χ1v) is 12.8. The quantitative estimate of drug-likeness (QED) is 0.163. The lowest BCUT2D eigenvalue weighted by Gasteiger charge is -2.30. The number of fused-ring (bicyclic) bond motifs is 5. The summed E-state index contributed by atoms with van der Waals surface area (Å²) in [6, 6.07) is 13.4. The van der Waals surface area contributed by atoms with Crippen LogP contribution in [0.15, 0.2) is 54.6 Å². The van der Waals surface area contributed by atoms with E-state index in [4.69, 9.17) is 0 Å². The minimum Gasteiger partial charge on any atom is -0.292 e. The normalized spacial score (nSPS) is 28.8. The molecular formula is C24H19Br2N3O6. The van der Waals surface area contributed by atoms with E-state index in [9.17, 15) is 29.3 Å². The predicted molar refractivity (Wildman–Crippen MR) is 131 cm³/mol. The highest BCUT2D eigenvalue weighted by atomic mass is 79.9. The standard InChI is InChI=1S/C24H19Br2N3O6/c25-20-14-10-15(21(20)26)19-18(14)23(32)28(24(19)33)27(11-17(30)12-6-2-1-3-7-12)22(31)13-8-4-5-9-16(13)29(34)35/h1-9,14-15,18-21H,10-11H2/t14-,15-,18-,19-,20-,21+/m1/s1. The lowest BCUT2D eigenvalue weighted by Crippen LogP contribution is -2.52. The number of halogens is 2. The third kappa shape index (κ3) is 3.72. The Morgan fingerprint density at radius 2 is 1.49 bits per heavy atom. The molecule has 2 aromatic carbocycles. The SMILES string of the molecule is O=C(CN(C(=O)c1ccccc1[N+](=O)[O-])N1C(=O)[C@@H]2[C@H]3C[C@@H]([C@@H](Br)[C@H]3Br)[C@H]2C1=O)c1ccccc1. The number of rotatable bonds is 6. The number of nitro groups is 1. The Bertz CT molecular complexity index is 1220. The van der Waals surface area contributed by atoms with Crippen molar-refractivity contribution in [2.45, 2.75) is 16.1 Å². The molecule has 11 heteroatoms. The summed E-state index contributed by atoms with van der Waals surface area (Å²) in [6.45, 7) is -0.614. The molecule has 3 amide bonds. The van der Waals surface area contributed by atoms with Crippen LogP contribution in [0.4, 0.5) is 5.69 Å². The number of hydrogen-bond donors (Lipinski definition) is 0. The van der Waals surface area contributed by atoms with Gasteiger partial charge >= 0.3 is 0 Å². The van der Waals surface area contributed by atoms with Crippen LogP contribution in [0.3, 0.4) is 0 Å². The Kier molecular flexibility index (Phi) is 6.08. The maximum absolute atomic E-state index is 13.6. The van der Waals surface area contributed by atoms with Gasteiger partial charge in [-0.15, -0.1) is 0 Å². The van der Waals surface area contributed by atoms with Gasteiger partial charge < -0.3 is 0 Å². The summed E-state index contributed by atoms with van der Waals surface area (Å²) in [7, 11) is 0. The molecule has 35 heavy (non-hydrogen) atoms. The van der Waals surface area contributed by atoms with Crippen LogP contribution in [0.5, 0.6) is 0 Å². The van der Waals surface area contributed by atoms with Crippen molar-refractivity contribution in [3.05, 3.63) is 75.8 Å². The second kappa shape index (κ2) is 8.94. The van der Waals surface area contributed by atoms with Gasteiger partial charge in [-0.05, 0) is 24.3 Å². The molecule has 0 unspecified atom stereocenters. The van der Waals surface area contributed by atoms with Gasteiger partial charge in [-0.2, -0.15) is 5.01 Å². The molecule has 2 bridgehead atoms. The average molecular weight is 605 g/mol. The Labute approximate surface area is 216 Å². The van der Waals surface area contributed by atoms with Crippen molar-refractivity contribution in [3.63, 3.8) is 0 Å². The van der Waals surface area contributed by atoms with Gasteiger partial charge in [0.1, 0.15) is 12.1 Å². The van der Waals surface area contributed by atoms with E-state index in [2.05, 4.69) is 31.9 Å². The summed E-state index contributed by atoms with van der Waals surface area (Å²) in [6.07, 6.45) is 0.702. The number of amides is 3. The number of imide groups is 1. The zero-order chi connectivity index (χ0) is 25.0. The summed E-state index contributed by atoms with van der Waals surface area (Å²) >= 11 is 7.25. The summed E-state index contributed by atoms with van der Waals surface area (Å²) in [5.41, 5.74) is -0.501. The largest absolute Gasteiger partial charge is 0.292 e. The predicted octanol–water partition coefficient (Wildman–Crippen LogP) is 3.61. The lowest BCUT2D eigenvalue weighted by molar-refractivity contribution is -0.385. The number of ketones is 1. The van der Waals surface area contributed by atoms with E-state index in [1.54, 1.807) is 30.3 Å². The van der Waals surface area contributed by atoms with Gasteiger partial charge in [-0.25, -0.2) is 5.01 Å². The van der Waals surface area contributed by atoms with Gasteiger partial charge in [0, 0.05) is 21.3 Å². The first-order valence-electron chi connectivity index (χ1n) is 11.0. The number of para-hydroxylation sites is 1. The number of carbonyl (C=O) groups is 4. The number of benzene rings is 2. The van der Waals surface area contributed by atoms with Crippen LogP contribution in [0, 0.1) is 33.8 Å². The topological polar surface area (TPSA) is 118 Å². The van der Waals surface area contributed by atoms with Gasteiger partial charge in [0.15, 0.2) is 5.78 Å². The van der Waals surface area contributed by atoms with E-state index >= 15 is 0 Å². The Morgan fingerprint density at radius 1 is 0.943 bits per heavy atom. The molecule has 3 fully saturated rings. The first-order chi connectivity index (χ1) is 16.7. The van der Waals surface area contributed by atoms with Crippen molar-refractivity contribution >= 4 is 61.1 Å². The minimum absolute atomic E-state index is 0.00392. The van der Waals surface area contributed by atoms with Crippen LogP contribution in [-0.4, -0.2) is 54.6 Å². The lowest BCUT2D eigenvalue weighted by atomic mass is 9.81. The van der Waals surface area contributed by atoms with E-state index in [-0.39, 0.29) is 32.6 Å². The van der Waals surface area contributed by atoms with E-state index in [1.165, 1.54) is 18.2 Å². The number of Topliss-reactive ketones (excluding diaryl/α,β-unsaturated/α-hetero) is 1. The van der Waals surface area contributed by atoms with Crippen LogP contribution in [0.2, 0.25) is 0 Å². The van der Waals surface area contributed by atoms with Crippen molar-refractivity contribution < 1.29 is 24.1 Å². The van der Waals surface area contributed by atoms with Crippen LogP contribution in [0.25, 0.3) is 0 Å². The van der Waals surface area contributed by atoms with Gasteiger partial charge in [0.25, 0.3) is 23.4 Å². The maximum Gasteiger partial charge on any atom is 0.282 e. The highest BCUT2D eigenvalue weighted by Crippen LogP contribution is 2.60. The number of alkyl halides is 2. The monoisotopic (exact) mass is 603 g/mol. The molecule has 180 valence electrons. The van der Waals surface area contributed by atoms with E-state index in [0.29, 0.717) is 6.42 Å². The minimum atomic E-state index is -0.957. The highest BCUT2D eigenvalue weighted by molar-refractivity contribution is 9.12. The molecule has 1 saturated heterocycles. The average Bonchev–Trinajstić information content (AvgIpc) is 3.47. The van der Waals surface area contributed by atoms with Crippen LogP contribution in [-0.2, 0) is 9.59 Å². The molecule has 1 heterocycles. The molecule has 2 saturated carbocycles. The van der Waals surface area contributed by atoms with Gasteiger partial charge in [-0.3, -0.25) is 29.3 Å². The molecule has 2 aliphatic carbocycles. The molecule has 9 nitrogen and oxygen atoms in total. The Balaban J connectivity index is 1.55. The fourth-order valence-corrected chi connectivity index (χ4v) is 7.48. The Morgan fingerprint density at radius 3 is 2.06 bits per heavy atom. The number of nitro benzene ring substituents is 1. The zero-order valence-electron chi connectivity index (χ0n) is 18.1. The van der Waals surface area contributed by atoms with Gasteiger partial charge in [0.05, 0.1) is 16.8 Å². The molecule has 1 aliphatic heterocycles. The highest BCUT2D eigenvalue weighted by Gasteiger charge is 2.67. The molecule has 0 aromatic heterocycles. The van der Waals surface area contributed by atoms with Gasteiger partial charge in [0.2, 0.25) is 0 Å². The fourth-order valence-electron chi connectivity index (χ4n) is 5.61. The summed E-state index contributed by atoms with van der Waals surface area (Å²) < 4.78 is 0.